The summed E-state index contributed by atoms with van der Waals surface area (Å²) in [5.74, 6) is -0.165. The molecule has 0 bridgehead atoms. The Hall–Kier alpha value is -1.89. The van der Waals surface area contributed by atoms with Gasteiger partial charge in [-0.15, -0.1) is 0 Å². The van der Waals surface area contributed by atoms with Crippen LogP contribution in [0.5, 0.6) is 0 Å². The van der Waals surface area contributed by atoms with Crippen LogP contribution >= 0.6 is 11.8 Å². The van der Waals surface area contributed by atoms with Crippen LogP contribution in [0.1, 0.15) is 0 Å². The molecule has 2 rings (SSSR count). The van der Waals surface area contributed by atoms with Crippen LogP contribution < -0.4 is 10.7 Å². The fourth-order valence-electron chi connectivity index (χ4n) is 1.13. The molecule has 1 aliphatic rings. The van der Waals surface area contributed by atoms with Crippen molar-refractivity contribution >= 4 is 34.9 Å². The maximum Gasteiger partial charge on any atom is 0.309 e. The van der Waals surface area contributed by atoms with Crippen molar-refractivity contribution in [2.24, 2.45) is 10.8 Å². The smallest absolute Gasteiger partial charge is 0.309 e. The highest BCUT2D eigenvalue weighted by Crippen LogP contribution is 2.23. The molecular formula is C9H8N4O2S. The van der Waals surface area contributed by atoms with Crippen LogP contribution in [0.2, 0.25) is 0 Å². The van der Waals surface area contributed by atoms with Gasteiger partial charge in [-0.3, -0.25) is 9.59 Å². The van der Waals surface area contributed by atoms with Gasteiger partial charge in [0.1, 0.15) is 5.25 Å². The van der Waals surface area contributed by atoms with Gasteiger partial charge in [-0.1, -0.05) is 6.07 Å². The van der Waals surface area contributed by atoms with Gasteiger partial charge in [0.2, 0.25) is 5.91 Å². The minimum atomic E-state index is -0.701. The van der Waals surface area contributed by atoms with Crippen LogP contribution in [0.25, 0.3) is 0 Å². The molecule has 2 N–H and O–H groups in total. The second kappa shape index (κ2) is 4.31. The molecule has 0 spiro atoms. The monoisotopic (exact) mass is 236 g/mol. The molecule has 1 aromatic heterocycles. The van der Waals surface area contributed by atoms with E-state index in [2.05, 4.69) is 10.1 Å². The summed E-state index contributed by atoms with van der Waals surface area (Å²) in [5.41, 5.74) is 5.08. The second-order valence-electron chi connectivity index (χ2n) is 2.97. The van der Waals surface area contributed by atoms with E-state index in [4.69, 9.17) is 5.73 Å². The van der Waals surface area contributed by atoms with Crippen molar-refractivity contribution in [1.29, 1.82) is 0 Å². The predicted molar refractivity (Wildman–Crippen MR) is 61.2 cm³/mol. The first-order chi connectivity index (χ1) is 7.68. The van der Waals surface area contributed by atoms with Gasteiger partial charge >= 0.3 is 5.24 Å². The van der Waals surface area contributed by atoms with Crippen LogP contribution in [-0.2, 0) is 4.79 Å². The number of rotatable bonds is 2. The average Bonchev–Trinajstić information content (AvgIpc) is 2.30. The lowest BCUT2D eigenvalue weighted by Crippen LogP contribution is -2.36. The Morgan fingerprint density at radius 2 is 2.31 bits per heavy atom. The quantitative estimate of drug-likeness (QED) is 0.814. The summed E-state index contributed by atoms with van der Waals surface area (Å²) in [4.78, 5) is 26.5. The maximum absolute atomic E-state index is 11.6. The van der Waals surface area contributed by atoms with Crippen LogP contribution in [0.3, 0.4) is 0 Å². The molecule has 16 heavy (non-hydrogen) atoms. The number of thioether (sulfide) groups is 1. The number of anilines is 1. The lowest BCUT2D eigenvalue weighted by Gasteiger charge is -2.21. The molecule has 0 aliphatic carbocycles. The number of carbonyl (C=O) groups excluding carboxylic acids is 2. The third kappa shape index (κ3) is 2.03. The number of hydrogen-bond acceptors (Lipinski definition) is 5. The van der Waals surface area contributed by atoms with Gasteiger partial charge in [0.05, 0.1) is 0 Å². The summed E-state index contributed by atoms with van der Waals surface area (Å²) in [6.07, 6.45) is 2.89. The standard InChI is InChI=1S/C9H8N4O2S/c10-8(14)6-5-12-13(9(15)16-6)7-3-1-2-4-11-7/h1-6H,(H2,10,14). The molecule has 1 unspecified atom stereocenters. The molecule has 82 valence electrons. The molecule has 0 saturated heterocycles. The molecule has 7 heteroatoms. The highest BCUT2D eigenvalue weighted by molar-refractivity contribution is 8.15. The number of carbonyl (C=O) groups is 2. The minimum absolute atomic E-state index is 0.370. The number of pyridine rings is 1. The normalized spacial score (nSPS) is 19.9. The van der Waals surface area contributed by atoms with Crippen molar-refractivity contribution in [2.75, 3.05) is 5.01 Å². The van der Waals surface area contributed by atoms with Gasteiger partial charge < -0.3 is 5.73 Å². The van der Waals surface area contributed by atoms with Crippen molar-refractivity contribution in [1.82, 2.24) is 4.98 Å². The number of nitrogens with zero attached hydrogens (tertiary/aromatic N) is 3. The molecule has 2 amide bonds. The number of primary amides is 1. The number of hydrazone groups is 1. The highest BCUT2D eigenvalue weighted by Gasteiger charge is 2.28. The first-order valence-corrected chi connectivity index (χ1v) is 5.31. The molecular weight excluding hydrogens is 228 g/mol. The first-order valence-electron chi connectivity index (χ1n) is 4.43. The van der Waals surface area contributed by atoms with Crippen molar-refractivity contribution in [3.05, 3.63) is 24.4 Å². The molecule has 0 saturated carbocycles. The lowest BCUT2D eigenvalue weighted by atomic mass is 10.4. The molecule has 2 heterocycles. The second-order valence-corrected chi connectivity index (χ2v) is 4.06. The average molecular weight is 236 g/mol. The summed E-state index contributed by atoms with van der Waals surface area (Å²) >= 11 is 0.821. The third-order valence-corrected chi connectivity index (χ3v) is 2.85. The summed E-state index contributed by atoms with van der Waals surface area (Å²) < 4.78 is 0. The molecule has 1 atom stereocenters. The number of nitrogens with two attached hydrogens (primary N) is 1. The Bertz CT molecular complexity index is 448. The largest absolute Gasteiger partial charge is 0.368 e. The van der Waals surface area contributed by atoms with E-state index >= 15 is 0 Å². The zero-order valence-corrected chi connectivity index (χ0v) is 8.92. The van der Waals surface area contributed by atoms with E-state index in [1.807, 2.05) is 0 Å². The van der Waals surface area contributed by atoms with Crippen LogP contribution in [-0.4, -0.2) is 27.6 Å². The topological polar surface area (TPSA) is 88.7 Å². The molecule has 6 nitrogen and oxygen atoms in total. The van der Waals surface area contributed by atoms with Crippen LogP contribution in [0.15, 0.2) is 29.5 Å². The van der Waals surface area contributed by atoms with Crippen LogP contribution in [0.4, 0.5) is 10.6 Å². The minimum Gasteiger partial charge on any atom is -0.368 e. The van der Waals surface area contributed by atoms with E-state index in [1.54, 1.807) is 24.4 Å². The van der Waals surface area contributed by atoms with Crippen molar-refractivity contribution < 1.29 is 9.59 Å². The Balaban J connectivity index is 2.24. The Morgan fingerprint density at radius 3 is 2.88 bits per heavy atom. The molecule has 1 aromatic rings. The molecule has 0 radical (unpaired) electrons. The molecule has 1 aliphatic heterocycles. The fourth-order valence-corrected chi connectivity index (χ4v) is 1.82. The zero-order valence-electron chi connectivity index (χ0n) is 8.11. The Kier molecular flexibility index (Phi) is 2.86. The first kappa shape index (κ1) is 10.6. The van der Waals surface area contributed by atoms with E-state index in [-0.39, 0.29) is 5.24 Å². The van der Waals surface area contributed by atoms with Crippen LogP contribution in [0, 0.1) is 0 Å². The SMILES string of the molecule is NC(=O)C1C=NN(c2ccccn2)C(=O)S1. The molecule has 0 aromatic carbocycles. The number of hydrogen-bond donors (Lipinski definition) is 1. The summed E-state index contributed by atoms with van der Waals surface area (Å²) in [7, 11) is 0. The summed E-state index contributed by atoms with van der Waals surface area (Å²) in [5, 5.41) is 3.92. The Labute approximate surface area is 95.5 Å². The fraction of sp³-hybridized carbons (Fsp3) is 0.111. The molecule has 0 fully saturated rings. The summed E-state index contributed by atoms with van der Waals surface area (Å²) in [6.45, 7) is 0. The maximum atomic E-state index is 11.6. The summed E-state index contributed by atoms with van der Waals surface area (Å²) in [6, 6.07) is 5.14. The van der Waals surface area contributed by atoms with Gasteiger partial charge in [-0.2, -0.15) is 10.1 Å². The Morgan fingerprint density at radius 1 is 1.50 bits per heavy atom. The van der Waals surface area contributed by atoms with Gasteiger partial charge in [-0.05, 0) is 23.9 Å². The van der Waals surface area contributed by atoms with Crippen molar-refractivity contribution in [2.45, 2.75) is 5.25 Å². The van der Waals surface area contributed by atoms with E-state index in [1.165, 1.54) is 6.21 Å². The van der Waals surface area contributed by atoms with Gasteiger partial charge in [-0.25, -0.2) is 4.98 Å². The van der Waals surface area contributed by atoms with Gasteiger partial charge in [0.25, 0.3) is 0 Å². The zero-order chi connectivity index (χ0) is 11.5. The third-order valence-electron chi connectivity index (χ3n) is 1.86. The number of aromatic nitrogens is 1. The van der Waals surface area contributed by atoms with E-state index in [0.29, 0.717) is 5.82 Å². The number of amides is 2. The highest BCUT2D eigenvalue weighted by atomic mass is 32.2. The lowest BCUT2D eigenvalue weighted by molar-refractivity contribution is -0.116. The van der Waals surface area contributed by atoms with Crippen molar-refractivity contribution in [3.63, 3.8) is 0 Å². The van der Waals surface area contributed by atoms with E-state index in [9.17, 15) is 9.59 Å². The van der Waals surface area contributed by atoms with Gasteiger partial charge in [0.15, 0.2) is 5.82 Å². The predicted octanol–water partition coefficient (Wildman–Crippen LogP) is 0.594. The van der Waals surface area contributed by atoms with E-state index < -0.39 is 11.2 Å². The van der Waals surface area contributed by atoms with Gasteiger partial charge in [0, 0.05) is 12.4 Å². The van der Waals surface area contributed by atoms with Crippen molar-refractivity contribution in [3.8, 4) is 0 Å². The van der Waals surface area contributed by atoms with E-state index in [0.717, 1.165) is 16.8 Å².